The highest BCUT2D eigenvalue weighted by Gasteiger charge is 2.07. The summed E-state index contributed by atoms with van der Waals surface area (Å²) < 4.78 is 14.8. The summed E-state index contributed by atoms with van der Waals surface area (Å²) in [6, 6.07) is 10.6. The van der Waals surface area contributed by atoms with Crippen LogP contribution in [0.1, 0.15) is 12.5 Å². The fourth-order valence-corrected chi connectivity index (χ4v) is 2.54. The molecule has 0 fully saturated rings. The van der Waals surface area contributed by atoms with Crippen LogP contribution < -0.4 is 0 Å². The molecule has 0 N–H and O–H groups in total. The standard InChI is InChI=1S/C14H11BrClF/c1-2-9-3-4-10(7-13(9)15)12-6-5-11(16)8-14(12)17/h3-8H,2H2,1H3. The molecule has 2 aromatic rings. The van der Waals surface area contributed by atoms with Crippen molar-refractivity contribution in [1.29, 1.82) is 0 Å². The normalized spacial score (nSPS) is 10.6. The maximum atomic E-state index is 13.8. The Morgan fingerprint density at radius 1 is 1.18 bits per heavy atom. The lowest BCUT2D eigenvalue weighted by Crippen LogP contribution is -1.87. The molecule has 0 aliphatic rings. The van der Waals surface area contributed by atoms with Crippen LogP contribution in [0.2, 0.25) is 5.02 Å². The highest BCUT2D eigenvalue weighted by Crippen LogP contribution is 2.29. The Morgan fingerprint density at radius 2 is 1.94 bits per heavy atom. The van der Waals surface area contributed by atoms with Crippen molar-refractivity contribution in [3.05, 3.63) is 57.3 Å². The Bertz CT molecular complexity index is 552. The van der Waals surface area contributed by atoms with E-state index in [0.29, 0.717) is 10.6 Å². The minimum absolute atomic E-state index is 0.298. The molecule has 0 amide bonds. The van der Waals surface area contributed by atoms with E-state index in [1.807, 2.05) is 18.2 Å². The lowest BCUT2D eigenvalue weighted by atomic mass is 10.0. The van der Waals surface area contributed by atoms with Gasteiger partial charge >= 0.3 is 0 Å². The number of rotatable bonds is 2. The Hall–Kier alpha value is -0.860. The van der Waals surface area contributed by atoms with Crippen molar-refractivity contribution in [2.75, 3.05) is 0 Å². The van der Waals surface area contributed by atoms with Crippen LogP contribution in [-0.4, -0.2) is 0 Å². The van der Waals surface area contributed by atoms with Crippen molar-refractivity contribution in [3.63, 3.8) is 0 Å². The van der Waals surface area contributed by atoms with Crippen molar-refractivity contribution in [2.24, 2.45) is 0 Å². The molecule has 0 nitrogen and oxygen atoms in total. The molecular formula is C14H11BrClF. The Labute approximate surface area is 114 Å². The number of halogens is 3. The zero-order valence-corrected chi connectivity index (χ0v) is 11.6. The Morgan fingerprint density at radius 3 is 2.53 bits per heavy atom. The van der Waals surface area contributed by atoms with Crippen LogP contribution in [0.15, 0.2) is 40.9 Å². The fourth-order valence-electron chi connectivity index (χ4n) is 1.73. The van der Waals surface area contributed by atoms with E-state index in [0.717, 1.165) is 16.5 Å². The van der Waals surface area contributed by atoms with Crippen LogP contribution in [-0.2, 0) is 6.42 Å². The molecule has 0 aliphatic carbocycles. The lowest BCUT2D eigenvalue weighted by Gasteiger charge is -2.07. The molecule has 0 spiro atoms. The van der Waals surface area contributed by atoms with Crippen molar-refractivity contribution < 1.29 is 4.39 Å². The summed E-state index contributed by atoms with van der Waals surface area (Å²) in [5.41, 5.74) is 2.63. The largest absolute Gasteiger partial charge is 0.206 e. The zero-order valence-electron chi connectivity index (χ0n) is 9.31. The van der Waals surface area contributed by atoms with Gasteiger partial charge in [-0.05, 0) is 41.8 Å². The molecule has 0 saturated carbocycles. The first-order valence-corrected chi connectivity index (χ1v) is 6.52. The van der Waals surface area contributed by atoms with Gasteiger partial charge in [0.1, 0.15) is 5.82 Å². The average Bonchev–Trinajstić information content (AvgIpc) is 2.29. The van der Waals surface area contributed by atoms with Crippen molar-refractivity contribution in [2.45, 2.75) is 13.3 Å². The molecule has 88 valence electrons. The number of hydrogen-bond donors (Lipinski definition) is 0. The second kappa shape index (κ2) is 5.19. The van der Waals surface area contributed by atoms with E-state index >= 15 is 0 Å². The molecule has 2 aromatic carbocycles. The SMILES string of the molecule is CCc1ccc(-c2ccc(Cl)cc2F)cc1Br. The van der Waals surface area contributed by atoms with E-state index in [1.54, 1.807) is 12.1 Å². The third-order valence-corrected chi connectivity index (χ3v) is 3.65. The monoisotopic (exact) mass is 312 g/mol. The Kier molecular flexibility index (Phi) is 3.85. The zero-order chi connectivity index (χ0) is 12.4. The smallest absolute Gasteiger partial charge is 0.132 e. The van der Waals surface area contributed by atoms with Gasteiger partial charge in [0.25, 0.3) is 0 Å². The summed E-state index contributed by atoms with van der Waals surface area (Å²) in [6.45, 7) is 2.09. The molecule has 0 saturated heterocycles. The number of benzene rings is 2. The van der Waals surface area contributed by atoms with Gasteiger partial charge < -0.3 is 0 Å². The van der Waals surface area contributed by atoms with Gasteiger partial charge in [0.2, 0.25) is 0 Å². The van der Waals surface area contributed by atoms with Gasteiger partial charge in [-0.25, -0.2) is 4.39 Å². The molecular weight excluding hydrogens is 303 g/mol. The Balaban J connectivity index is 2.50. The van der Waals surface area contributed by atoms with Gasteiger partial charge in [0.05, 0.1) is 0 Å². The first-order valence-electron chi connectivity index (χ1n) is 5.35. The molecule has 3 heteroatoms. The summed E-state index contributed by atoms with van der Waals surface area (Å²) in [6.07, 6.45) is 0.948. The predicted octanol–water partition coefficient (Wildman–Crippen LogP) is 5.47. The number of aryl methyl sites for hydroxylation is 1. The van der Waals surface area contributed by atoms with E-state index < -0.39 is 0 Å². The third kappa shape index (κ3) is 2.70. The molecule has 0 bridgehead atoms. The first-order chi connectivity index (χ1) is 8.11. The van der Waals surface area contributed by atoms with Gasteiger partial charge in [0.15, 0.2) is 0 Å². The van der Waals surface area contributed by atoms with Gasteiger partial charge in [-0.15, -0.1) is 0 Å². The topological polar surface area (TPSA) is 0 Å². The molecule has 2 rings (SSSR count). The second-order valence-electron chi connectivity index (χ2n) is 3.78. The van der Waals surface area contributed by atoms with Gasteiger partial charge in [-0.2, -0.15) is 0 Å². The van der Waals surface area contributed by atoms with Crippen LogP contribution in [0.5, 0.6) is 0 Å². The minimum atomic E-state index is -0.298. The fraction of sp³-hybridized carbons (Fsp3) is 0.143. The molecule has 17 heavy (non-hydrogen) atoms. The van der Waals surface area contributed by atoms with Gasteiger partial charge in [-0.3, -0.25) is 0 Å². The molecule has 0 heterocycles. The molecule has 0 aliphatic heterocycles. The highest BCUT2D eigenvalue weighted by molar-refractivity contribution is 9.10. The van der Waals surface area contributed by atoms with Crippen LogP contribution in [0, 0.1) is 5.82 Å². The van der Waals surface area contributed by atoms with Crippen molar-refractivity contribution in [1.82, 2.24) is 0 Å². The van der Waals surface area contributed by atoms with Crippen LogP contribution in [0.25, 0.3) is 11.1 Å². The molecule has 0 radical (unpaired) electrons. The van der Waals surface area contributed by atoms with E-state index in [9.17, 15) is 4.39 Å². The summed E-state index contributed by atoms with van der Waals surface area (Å²) in [7, 11) is 0. The average molecular weight is 314 g/mol. The summed E-state index contributed by atoms with van der Waals surface area (Å²) >= 11 is 9.23. The molecule has 0 aromatic heterocycles. The minimum Gasteiger partial charge on any atom is -0.206 e. The van der Waals surface area contributed by atoms with Crippen LogP contribution in [0.3, 0.4) is 0 Å². The summed E-state index contributed by atoms with van der Waals surface area (Å²) in [4.78, 5) is 0. The van der Waals surface area contributed by atoms with Crippen molar-refractivity contribution in [3.8, 4) is 11.1 Å². The maximum Gasteiger partial charge on any atom is 0.132 e. The van der Waals surface area contributed by atoms with E-state index in [1.165, 1.54) is 11.6 Å². The molecule has 0 unspecified atom stereocenters. The molecule has 0 atom stereocenters. The van der Waals surface area contributed by atoms with E-state index in [4.69, 9.17) is 11.6 Å². The van der Waals surface area contributed by atoms with E-state index in [-0.39, 0.29) is 5.82 Å². The maximum absolute atomic E-state index is 13.8. The lowest BCUT2D eigenvalue weighted by molar-refractivity contribution is 0.631. The second-order valence-corrected chi connectivity index (χ2v) is 5.07. The van der Waals surface area contributed by atoms with Crippen LogP contribution in [0.4, 0.5) is 4.39 Å². The first kappa shape index (κ1) is 12.6. The quantitative estimate of drug-likeness (QED) is 0.689. The van der Waals surface area contributed by atoms with Crippen molar-refractivity contribution >= 4 is 27.5 Å². The highest BCUT2D eigenvalue weighted by atomic mass is 79.9. The summed E-state index contributed by atoms with van der Waals surface area (Å²) in [5.74, 6) is -0.298. The van der Waals surface area contributed by atoms with Gasteiger partial charge in [0, 0.05) is 15.1 Å². The van der Waals surface area contributed by atoms with Crippen LogP contribution >= 0.6 is 27.5 Å². The van der Waals surface area contributed by atoms with Gasteiger partial charge in [-0.1, -0.05) is 46.6 Å². The number of hydrogen-bond acceptors (Lipinski definition) is 0. The summed E-state index contributed by atoms with van der Waals surface area (Å²) in [5, 5.41) is 0.412. The third-order valence-electron chi connectivity index (χ3n) is 2.68. The van der Waals surface area contributed by atoms with E-state index in [2.05, 4.69) is 22.9 Å². The predicted molar refractivity (Wildman–Crippen MR) is 73.9 cm³/mol.